The summed E-state index contributed by atoms with van der Waals surface area (Å²) >= 11 is 0. The van der Waals surface area contributed by atoms with Crippen molar-refractivity contribution >= 4 is 5.91 Å². The molecule has 1 aliphatic heterocycles. The molecule has 1 aromatic carbocycles. The van der Waals surface area contributed by atoms with E-state index in [9.17, 15) is 9.59 Å². The zero-order valence-electron chi connectivity index (χ0n) is 13.5. The molecule has 5 heteroatoms. The van der Waals surface area contributed by atoms with Crippen LogP contribution in [-0.4, -0.2) is 23.5 Å². The fraction of sp³-hybridized carbons (Fsp3) is 0.333. The number of para-hydroxylation sites is 1. The van der Waals surface area contributed by atoms with Gasteiger partial charge in [-0.15, -0.1) is 0 Å². The summed E-state index contributed by atoms with van der Waals surface area (Å²) in [6.45, 7) is 6.04. The molecule has 0 bridgehead atoms. The molecular formula is C18H20N2O3. The smallest absolute Gasteiger partial charge is 0.261 e. The number of hydrogen-bond acceptors (Lipinski definition) is 3. The summed E-state index contributed by atoms with van der Waals surface area (Å²) in [4.78, 5) is 27.2. The molecule has 1 amide bonds. The van der Waals surface area contributed by atoms with Crippen molar-refractivity contribution in [2.24, 2.45) is 0 Å². The molecule has 1 aromatic heterocycles. The molecule has 0 spiro atoms. The number of pyridine rings is 1. The Morgan fingerprint density at radius 2 is 2.09 bits per heavy atom. The van der Waals surface area contributed by atoms with Gasteiger partial charge in [0.05, 0.1) is 6.61 Å². The number of aromatic amines is 1. The number of ether oxygens (including phenoxy) is 1. The molecule has 2 unspecified atom stereocenters. The summed E-state index contributed by atoms with van der Waals surface area (Å²) in [6, 6.07) is 9.50. The third-order valence-electron chi connectivity index (χ3n) is 4.29. The van der Waals surface area contributed by atoms with Crippen molar-refractivity contribution in [2.75, 3.05) is 6.61 Å². The minimum Gasteiger partial charge on any atom is -0.493 e. The maximum absolute atomic E-state index is 12.5. The SMILES string of the molecule is Cc1cc(C)c(C(=O)NC(C)C2COc3ccccc32)c(=O)[nH]1. The number of carbonyl (C=O) groups excluding carboxylic acids is 1. The average Bonchev–Trinajstić information content (AvgIpc) is 2.89. The molecule has 0 saturated heterocycles. The van der Waals surface area contributed by atoms with Crippen LogP contribution in [0.15, 0.2) is 35.1 Å². The second-order valence-electron chi connectivity index (χ2n) is 6.06. The Hall–Kier alpha value is -2.56. The van der Waals surface area contributed by atoms with Crippen molar-refractivity contribution in [3.8, 4) is 5.75 Å². The van der Waals surface area contributed by atoms with Crippen LogP contribution in [0.3, 0.4) is 0 Å². The highest BCUT2D eigenvalue weighted by Gasteiger charge is 2.30. The Kier molecular flexibility index (Phi) is 3.94. The van der Waals surface area contributed by atoms with Gasteiger partial charge in [-0.25, -0.2) is 0 Å². The number of amides is 1. The highest BCUT2D eigenvalue weighted by molar-refractivity contribution is 5.95. The topological polar surface area (TPSA) is 71.2 Å². The van der Waals surface area contributed by atoms with E-state index in [4.69, 9.17) is 4.74 Å². The first-order chi connectivity index (χ1) is 11.0. The van der Waals surface area contributed by atoms with Crippen molar-refractivity contribution in [3.63, 3.8) is 0 Å². The second-order valence-corrected chi connectivity index (χ2v) is 6.06. The Morgan fingerprint density at radius 3 is 2.83 bits per heavy atom. The lowest BCUT2D eigenvalue weighted by Gasteiger charge is -2.20. The zero-order chi connectivity index (χ0) is 16.6. The largest absolute Gasteiger partial charge is 0.493 e. The number of fused-ring (bicyclic) bond motifs is 1. The first-order valence-corrected chi connectivity index (χ1v) is 7.70. The van der Waals surface area contributed by atoms with Gasteiger partial charge in [-0.3, -0.25) is 9.59 Å². The highest BCUT2D eigenvalue weighted by Crippen LogP contribution is 2.35. The van der Waals surface area contributed by atoms with E-state index in [0.717, 1.165) is 17.0 Å². The number of hydrogen-bond donors (Lipinski definition) is 2. The van der Waals surface area contributed by atoms with E-state index in [-0.39, 0.29) is 29.0 Å². The maximum atomic E-state index is 12.5. The van der Waals surface area contributed by atoms with Gasteiger partial charge >= 0.3 is 0 Å². The predicted molar refractivity (Wildman–Crippen MR) is 88.1 cm³/mol. The van der Waals surface area contributed by atoms with Gasteiger partial charge in [0.1, 0.15) is 11.3 Å². The summed E-state index contributed by atoms with van der Waals surface area (Å²) in [5.41, 5.74) is 2.34. The molecule has 0 fully saturated rings. The number of aromatic nitrogens is 1. The molecule has 2 aromatic rings. The van der Waals surface area contributed by atoms with Crippen LogP contribution in [0.2, 0.25) is 0 Å². The number of benzene rings is 1. The zero-order valence-corrected chi connectivity index (χ0v) is 13.5. The van der Waals surface area contributed by atoms with Gasteiger partial charge in [0.2, 0.25) is 0 Å². The lowest BCUT2D eigenvalue weighted by Crippen LogP contribution is -2.40. The fourth-order valence-corrected chi connectivity index (χ4v) is 3.12. The summed E-state index contributed by atoms with van der Waals surface area (Å²) in [7, 11) is 0. The molecule has 0 saturated carbocycles. The van der Waals surface area contributed by atoms with Gasteiger partial charge in [0, 0.05) is 23.2 Å². The van der Waals surface area contributed by atoms with Crippen LogP contribution in [0, 0.1) is 13.8 Å². The van der Waals surface area contributed by atoms with E-state index in [0.29, 0.717) is 12.2 Å². The number of aryl methyl sites for hydroxylation is 2. The minimum absolute atomic E-state index is 0.0833. The third kappa shape index (κ3) is 2.86. The van der Waals surface area contributed by atoms with E-state index < -0.39 is 0 Å². The Bertz CT molecular complexity index is 810. The van der Waals surface area contributed by atoms with Crippen molar-refractivity contribution in [3.05, 3.63) is 63.1 Å². The van der Waals surface area contributed by atoms with Gasteiger partial charge < -0.3 is 15.0 Å². The summed E-state index contributed by atoms with van der Waals surface area (Å²) in [5, 5.41) is 2.94. The summed E-state index contributed by atoms with van der Waals surface area (Å²) in [6.07, 6.45) is 0. The molecule has 5 nitrogen and oxygen atoms in total. The molecule has 23 heavy (non-hydrogen) atoms. The normalized spacial score (nSPS) is 17.3. The van der Waals surface area contributed by atoms with Gasteiger partial charge in [-0.2, -0.15) is 0 Å². The first-order valence-electron chi connectivity index (χ1n) is 7.70. The fourth-order valence-electron chi connectivity index (χ4n) is 3.12. The molecule has 3 rings (SSSR count). The van der Waals surface area contributed by atoms with Crippen molar-refractivity contribution in [1.82, 2.24) is 10.3 Å². The highest BCUT2D eigenvalue weighted by atomic mass is 16.5. The molecule has 2 N–H and O–H groups in total. The lowest BCUT2D eigenvalue weighted by atomic mass is 9.94. The number of H-pyrrole nitrogens is 1. The van der Waals surface area contributed by atoms with Crippen LogP contribution >= 0.6 is 0 Å². The van der Waals surface area contributed by atoms with Crippen molar-refractivity contribution < 1.29 is 9.53 Å². The molecule has 0 radical (unpaired) electrons. The standard InChI is InChI=1S/C18H20N2O3/c1-10-8-11(2)19-17(21)16(10)18(22)20-12(3)14-9-23-15-7-5-4-6-13(14)15/h4-8,12,14H,9H2,1-3H3,(H,19,21)(H,20,22). The Labute approximate surface area is 134 Å². The average molecular weight is 312 g/mol. The van der Waals surface area contributed by atoms with Gasteiger partial charge in [0.25, 0.3) is 11.5 Å². The van der Waals surface area contributed by atoms with Crippen LogP contribution < -0.4 is 15.6 Å². The summed E-state index contributed by atoms with van der Waals surface area (Å²) in [5.74, 6) is 0.601. The third-order valence-corrected chi connectivity index (χ3v) is 4.29. The summed E-state index contributed by atoms with van der Waals surface area (Å²) < 4.78 is 5.66. The molecular weight excluding hydrogens is 292 g/mol. The first kappa shape index (κ1) is 15.3. The minimum atomic E-state index is -0.352. The van der Waals surface area contributed by atoms with Gasteiger partial charge in [-0.05, 0) is 38.5 Å². The van der Waals surface area contributed by atoms with E-state index in [1.54, 1.807) is 19.9 Å². The number of carbonyl (C=O) groups is 1. The van der Waals surface area contributed by atoms with Crippen LogP contribution in [0.5, 0.6) is 5.75 Å². The van der Waals surface area contributed by atoms with Crippen LogP contribution in [0.1, 0.15) is 40.0 Å². The molecule has 2 heterocycles. The van der Waals surface area contributed by atoms with E-state index in [2.05, 4.69) is 10.3 Å². The molecule has 1 aliphatic rings. The quantitative estimate of drug-likeness (QED) is 0.913. The van der Waals surface area contributed by atoms with E-state index in [1.165, 1.54) is 0 Å². The van der Waals surface area contributed by atoms with Gasteiger partial charge in [0.15, 0.2) is 0 Å². The Balaban J connectivity index is 1.80. The molecule has 0 aliphatic carbocycles. The molecule has 120 valence electrons. The lowest BCUT2D eigenvalue weighted by molar-refractivity contribution is 0.0930. The Morgan fingerprint density at radius 1 is 1.35 bits per heavy atom. The monoisotopic (exact) mass is 312 g/mol. The van der Waals surface area contributed by atoms with E-state index >= 15 is 0 Å². The predicted octanol–water partition coefficient (Wildman–Crippen LogP) is 2.29. The van der Waals surface area contributed by atoms with Gasteiger partial charge in [-0.1, -0.05) is 18.2 Å². The second kappa shape index (κ2) is 5.91. The number of nitrogens with one attached hydrogen (secondary N) is 2. The van der Waals surface area contributed by atoms with Crippen LogP contribution in [0.25, 0.3) is 0 Å². The van der Waals surface area contributed by atoms with Crippen LogP contribution in [-0.2, 0) is 0 Å². The molecule has 2 atom stereocenters. The van der Waals surface area contributed by atoms with Crippen molar-refractivity contribution in [2.45, 2.75) is 32.7 Å². The van der Waals surface area contributed by atoms with Crippen molar-refractivity contribution in [1.29, 1.82) is 0 Å². The maximum Gasteiger partial charge on any atom is 0.261 e. The van der Waals surface area contributed by atoms with E-state index in [1.807, 2.05) is 31.2 Å². The van der Waals surface area contributed by atoms with Crippen LogP contribution in [0.4, 0.5) is 0 Å². The number of rotatable bonds is 3.